The van der Waals surface area contributed by atoms with Crippen molar-refractivity contribution in [2.24, 2.45) is 0 Å². The Bertz CT molecular complexity index is 3480. The first kappa shape index (κ1) is 31.4. The lowest BCUT2D eigenvalue weighted by atomic mass is 10.0. The van der Waals surface area contributed by atoms with Crippen LogP contribution in [0.5, 0.6) is 0 Å². The van der Waals surface area contributed by atoms with Gasteiger partial charge in [-0.15, -0.1) is 0 Å². The van der Waals surface area contributed by atoms with Crippen molar-refractivity contribution >= 4 is 65.8 Å². The molecule has 0 atom stereocenters. The highest BCUT2D eigenvalue weighted by atomic mass is 16.3. The minimum absolute atomic E-state index is 0.538. The largest absolute Gasteiger partial charge is 0.456 e. The second kappa shape index (κ2) is 12.3. The maximum Gasteiger partial charge on any atom is 0.238 e. The van der Waals surface area contributed by atoms with Gasteiger partial charge in [0.25, 0.3) is 0 Å². The maximum absolute atomic E-state index is 6.50. The molecule has 266 valence electrons. The van der Waals surface area contributed by atoms with Crippen molar-refractivity contribution in [3.8, 4) is 51.4 Å². The Morgan fingerprint density at radius 3 is 1.75 bits per heavy atom. The number of nitrogens with zero attached hydrogens (tertiary/aromatic N) is 6. The molecular formula is C49H28N6O2. The number of benzene rings is 7. The molecule has 7 aromatic carbocycles. The summed E-state index contributed by atoms with van der Waals surface area (Å²) < 4.78 is 15.0. The number of furan rings is 2. The zero-order chi connectivity index (χ0) is 37.5. The average molecular weight is 733 g/mol. The van der Waals surface area contributed by atoms with Crippen LogP contribution >= 0.6 is 0 Å². The first-order chi connectivity index (χ1) is 28.2. The summed E-state index contributed by atoms with van der Waals surface area (Å²) in [7, 11) is 0. The highest BCUT2D eigenvalue weighted by Crippen LogP contribution is 2.41. The normalized spacial score (nSPS) is 11.9. The summed E-state index contributed by atoms with van der Waals surface area (Å²) in [6, 6.07) is 57.0. The summed E-state index contributed by atoms with van der Waals surface area (Å²) >= 11 is 0. The Kier molecular flexibility index (Phi) is 6.76. The molecular weight excluding hydrogens is 705 g/mol. The molecule has 8 nitrogen and oxygen atoms in total. The van der Waals surface area contributed by atoms with Crippen LogP contribution in [-0.4, -0.2) is 29.5 Å². The molecule has 0 radical (unpaired) electrons. The van der Waals surface area contributed by atoms with E-state index in [-0.39, 0.29) is 0 Å². The van der Waals surface area contributed by atoms with Gasteiger partial charge >= 0.3 is 0 Å². The number of fused-ring (bicyclic) bond motifs is 9. The van der Waals surface area contributed by atoms with Crippen molar-refractivity contribution in [1.29, 1.82) is 0 Å². The Morgan fingerprint density at radius 2 is 1.00 bits per heavy atom. The minimum Gasteiger partial charge on any atom is -0.456 e. The quantitative estimate of drug-likeness (QED) is 0.174. The Labute approximate surface area is 324 Å². The van der Waals surface area contributed by atoms with Gasteiger partial charge in [-0.3, -0.25) is 4.57 Å². The second-order valence-electron chi connectivity index (χ2n) is 14.0. The summed E-state index contributed by atoms with van der Waals surface area (Å²) in [5, 5.41) is 5.01. The highest BCUT2D eigenvalue weighted by Gasteiger charge is 2.22. The fourth-order valence-electron chi connectivity index (χ4n) is 8.10. The summed E-state index contributed by atoms with van der Waals surface area (Å²) in [6.07, 6.45) is 0. The molecule has 12 aromatic rings. The number of aromatic nitrogens is 6. The van der Waals surface area contributed by atoms with E-state index in [1.165, 1.54) is 0 Å². The van der Waals surface area contributed by atoms with Crippen LogP contribution in [0.25, 0.3) is 117 Å². The maximum atomic E-state index is 6.50. The van der Waals surface area contributed by atoms with Gasteiger partial charge in [0.2, 0.25) is 5.95 Å². The van der Waals surface area contributed by atoms with Crippen LogP contribution in [0.3, 0.4) is 0 Å². The van der Waals surface area contributed by atoms with Crippen molar-refractivity contribution in [3.63, 3.8) is 0 Å². The average Bonchev–Trinajstić information content (AvgIpc) is 3.96. The van der Waals surface area contributed by atoms with E-state index < -0.39 is 0 Å². The van der Waals surface area contributed by atoms with Gasteiger partial charge in [0.1, 0.15) is 28.0 Å². The topological polar surface area (TPSA) is 95.7 Å². The van der Waals surface area contributed by atoms with E-state index in [1.807, 2.05) is 121 Å². The van der Waals surface area contributed by atoms with Gasteiger partial charge in [-0.25, -0.2) is 15.0 Å². The van der Waals surface area contributed by atoms with Crippen LogP contribution in [0.1, 0.15) is 0 Å². The molecule has 57 heavy (non-hydrogen) atoms. The molecule has 0 aliphatic rings. The van der Waals surface area contributed by atoms with E-state index in [0.717, 1.165) is 88.2 Å². The van der Waals surface area contributed by atoms with E-state index in [1.54, 1.807) is 0 Å². The van der Waals surface area contributed by atoms with Gasteiger partial charge in [0.05, 0.1) is 11.0 Å². The molecule has 0 saturated carbocycles. The van der Waals surface area contributed by atoms with E-state index in [9.17, 15) is 0 Å². The molecule has 5 aromatic heterocycles. The Hall–Kier alpha value is -7.97. The molecule has 0 aliphatic heterocycles. The predicted molar refractivity (Wildman–Crippen MR) is 226 cm³/mol. The smallest absolute Gasteiger partial charge is 0.238 e. The second-order valence-corrected chi connectivity index (χ2v) is 14.0. The minimum atomic E-state index is 0.538. The third kappa shape index (κ3) is 4.91. The van der Waals surface area contributed by atoms with Gasteiger partial charge in [-0.2, -0.15) is 9.97 Å². The Balaban J connectivity index is 1.10. The third-order valence-electron chi connectivity index (χ3n) is 10.7. The molecule has 0 fully saturated rings. The summed E-state index contributed by atoms with van der Waals surface area (Å²) in [6.45, 7) is 0. The van der Waals surface area contributed by atoms with Crippen LogP contribution in [0.4, 0.5) is 0 Å². The predicted octanol–water partition coefficient (Wildman–Crippen LogP) is 12.2. The van der Waals surface area contributed by atoms with E-state index in [2.05, 4.69) is 53.1 Å². The molecule has 0 spiro atoms. The molecule has 0 aliphatic carbocycles. The van der Waals surface area contributed by atoms with Crippen LogP contribution in [0.2, 0.25) is 0 Å². The van der Waals surface area contributed by atoms with E-state index >= 15 is 0 Å². The summed E-state index contributed by atoms with van der Waals surface area (Å²) in [5.41, 5.74) is 9.93. The molecule has 0 bridgehead atoms. The summed E-state index contributed by atoms with van der Waals surface area (Å²) in [4.78, 5) is 25.8. The van der Waals surface area contributed by atoms with Crippen LogP contribution in [0, 0.1) is 0 Å². The fourth-order valence-corrected chi connectivity index (χ4v) is 8.10. The van der Waals surface area contributed by atoms with Gasteiger partial charge in [0.15, 0.2) is 23.1 Å². The van der Waals surface area contributed by atoms with Gasteiger partial charge in [-0.1, -0.05) is 121 Å². The summed E-state index contributed by atoms with van der Waals surface area (Å²) in [5.74, 6) is 2.24. The number of hydrogen-bond donors (Lipinski definition) is 0. The highest BCUT2D eigenvalue weighted by molar-refractivity contribution is 6.14. The van der Waals surface area contributed by atoms with E-state index in [4.69, 9.17) is 33.8 Å². The van der Waals surface area contributed by atoms with E-state index in [0.29, 0.717) is 29.0 Å². The van der Waals surface area contributed by atoms with Crippen molar-refractivity contribution in [1.82, 2.24) is 29.5 Å². The number of hydrogen-bond acceptors (Lipinski definition) is 7. The molecule has 12 rings (SSSR count). The zero-order valence-electron chi connectivity index (χ0n) is 30.2. The standard InChI is InChI=1S/C49H28N6O2/c1-3-14-29(15-4-1)43-45-44(34-20-9-12-24-39(34)57-45)51-48(50-43)35-21-13-25-41-42(35)36-28-31(26-27-40(36)56-41)47-52-46(30-16-5-2-6-17-30)53-49(54-47)55-37-22-10-7-18-32(37)33-19-8-11-23-38(33)55/h1-28H. The number of rotatable bonds is 5. The van der Waals surface area contributed by atoms with Crippen LogP contribution in [0.15, 0.2) is 179 Å². The van der Waals surface area contributed by atoms with Crippen molar-refractivity contribution in [3.05, 3.63) is 170 Å². The lowest BCUT2D eigenvalue weighted by Crippen LogP contribution is -2.06. The first-order valence-corrected chi connectivity index (χ1v) is 18.8. The van der Waals surface area contributed by atoms with Crippen molar-refractivity contribution in [2.45, 2.75) is 0 Å². The van der Waals surface area contributed by atoms with Gasteiger partial charge < -0.3 is 8.83 Å². The lowest BCUT2D eigenvalue weighted by molar-refractivity contribution is 0.667. The molecule has 0 amide bonds. The molecule has 5 heterocycles. The monoisotopic (exact) mass is 732 g/mol. The zero-order valence-corrected chi connectivity index (χ0v) is 30.2. The number of para-hydroxylation sites is 3. The molecule has 0 unspecified atom stereocenters. The Morgan fingerprint density at radius 1 is 0.386 bits per heavy atom. The third-order valence-corrected chi connectivity index (χ3v) is 10.7. The van der Waals surface area contributed by atoms with Gasteiger partial charge in [0, 0.05) is 49.2 Å². The van der Waals surface area contributed by atoms with Crippen molar-refractivity contribution in [2.75, 3.05) is 0 Å². The van der Waals surface area contributed by atoms with Crippen molar-refractivity contribution < 1.29 is 8.83 Å². The van der Waals surface area contributed by atoms with Gasteiger partial charge in [-0.05, 0) is 48.5 Å². The molecule has 0 N–H and O–H groups in total. The molecule has 0 saturated heterocycles. The van der Waals surface area contributed by atoms with Crippen LogP contribution in [-0.2, 0) is 0 Å². The fraction of sp³-hybridized carbons (Fsp3) is 0. The SMILES string of the molecule is c1ccc(-c2nc(-c3ccc4oc5cccc(-c6nc(-c7ccccc7)c7oc8ccccc8c7n6)c5c4c3)nc(-n3c4ccccc4c4ccccc43)n2)cc1. The molecule has 8 heteroatoms. The first-order valence-electron chi connectivity index (χ1n) is 18.8. The lowest BCUT2D eigenvalue weighted by Gasteiger charge is -2.11. The van der Waals surface area contributed by atoms with Crippen LogP contribution < -0.4 is 0 Å².